The molecular formula is C32H32ClFN6O5. The highest BCUT2D eigenvalue weighted by Gasteiger charge is 2.31. The van der Waals surface area contributed by atoms with E-state index in [-0.39, 0.29) is 39.7 Å². The van der Waals surface area contributed by atoms with Crippen molar-refractivity contribution in [1.82, 2.24) is 25.2 Å². The number of anilines is 1. The van der Waals surface area contributed by atoms with Gasteiger partial charge in [0.2, 0.25) is 0 Å². The van der Waals surface area contributed by atoms with Crippen LogP contribution in [0.2, 0.25) is 0 Å². The zero-order chi connectivity index (χ0) is 31.8. The summed E-state index contributed by atoms with van der Waals surface area (Å²) in [6.45, 7) is 1.81. The van der Waals surface area contributed by atoms with E-state index in [4.69, 9.17) is 11.6 Å². The van der Waals surface area contributed by atoms with Crippen molar-refractivity contribution in [3.63, 3.8) is 0 Å². The normalized spacial score (nSPS) is 19.4. The van der Waals surface area contributed by atoms with Crippen molar-refractivity contribution < 1.29 is 29.0 Å². The molecule has 2 aliphatic rings. The predicted molar refractivity (Wildman–Crippen MR) is 164 cm³/mol. The number of nitrogens with one attached hydrogen (secondary N) is 3. The molecule has 1 fully saturated rings. The molecule has 3 atom stereocenters. The number of halogens is 2. The van der Waals surface area contributed by atoms with Gasteiger partial charge in [0.05, 0.1) is 17.6 Å². The van der Waals surface area contributed by atoms with E-state index in [1.165, 1.54) is 35.0 Å². The quantitative estimate of drug-likeness (QED) is 0.151. The number of carbonyl (C=O) groups is 3. The van der Waals surface area contributed by atoms with Gasteiger partial charge < -0.3 is 26.2 Å². The van der Waals surface area contributed by atoms with Crippen LogP contribution in [0.1, 0.15) is 98.0 Å². The van der Waals surface area contributed by atoms with Crippen molar-refractivity contribution in [2.24, 2.45) is 0 Å². The van der Waals surface area contributed by atoms with Crippen LogP contribution in [-0.2, 0) is 6.42 Å². The molecule has 0 spiro atoms. The largest absolute Gasteiger partial charge is 0.364 e. The Morgan fingerprint density at radius 2 is 1.82 bits per heavy atom. The lowest BCUT2D eigenvalue weighted by molar-refractivity contribution is -0.0429. The Kier molecular flexibility index (Phi) is 8.54. The maximum atomic E-state index is 13.8. The van der Waals surface area contributed by atoms with Gasteiger partial charge in [0.25, 0.3) is 17.7 Å². The average molecular weight is 635 g/mol. The van der Waals surface area contributed by atoms with E-state index in [0.29, 0.717) is 18.4 Å². The van der Waals surface area contributed by atoms with Crippen LogP contribution in [0.25, 0.3) is 5.65 Å². The molecule has 13 heteroatoms. The molecule has 11 nitrogen and oxygen atoms in total. The fourth-order valence-electron chi connectivity index (χ4n) is 6.22. The van der Waals surface area contributed by atoms with Crippen molar-refractivity contribution in [2.45, 2.75) is 69.2 Å². The number of rotatable bonds is 7. The molecule has 0 bridgehead atoms. The summed E-state index contributed by atoms with van der Waals surface area (Å²) in [7, 11) is 0. The highest BCUT2D eigenvalue weighted by Crippen LogP contribution is 2.36. The minimum absolute atomic E-state index is 0.00397. The van der Waals surface area contributed by atoms with Crippen LogP contribution in [0.3, 0.4) is 0 Å². The van der Waals surface area contributed by atoms with E-state index in [1.807, 2.05) is 6.92 Å². The number of aromatic nitrogens is 3. The fraction of sp³-hybridized carbons (Fsp3) is 0.344. The Morgan fingerprint density at radius 3 is 2.58 bits per heavy atom. The lowest BCUT2D eigenvalue weighted by atomic mass is 9.95. The van der Waals surface area contributed by atoms with E-state index in [0.717, 1.165) is 48.4 Å². The second kappa shape index (κ2) is 12.5. The molecule has 2 heterocycles. The van der Waals surface area contributed by atoms with E-state index in [2.05, 4.69) is 26.0 Å². The van der Waals surface area contributed by atoms with E-state index < -0.39 is 35.9 Å². The van der Waals surface area contributed by atoms with Crippen LogP contribution in [0.4, 0.5) is 10.1 Å². The first kappa shape index (κ1) is 30.6. The Bertz CT molecular complexity index is 1810. The van der Waals surface area contributed by atoms with Gasteiger partial charge >= 0.3 is 0 Å². The number of aliphatic hydroxyl groups is 2. The van der Waals surface area contributed by atoms with Gasteiger partial charge in [0.15, 0.2) is 11.9 Å². The van der Waals surface area contributed by atoms with Crippen LogP contribution in [0.15, 0.2) is 48.7 Å². The average Bonchev–Trinajstić information content (AvgIpc) is 3.62. The number of fused-ring (bicyclic) bond motifs is 2. The topological polar surface area (TPSA) is 158 Å². The third-order valence-corrected chi connectivity index (χ3v) is 9.10. The number of aliphatic hydroxyl groups excluding tert-OH is 1. The molecular weight excluding hydrogens is 603 g/mol. The summed E-state index contributed by atoms with van der Waals surface area (Å²) in [5.41, 5.74) is 2.97. The Labute approximate surface area is 262 Å². The Morgan fingerprint density at radius 1 is 1.02 bits per heavy atom. The first-order valence-corrected chi connectivity index (χ1v) is 15.2. The molecule has 2 aromatic heterocycles. The molecule has 0 radical (unpaired) electrons. The van der Waals surface area contributed by atoms with Crippen molar-refractivity contribution in [2.75, 3.05) is 5.32 Å². The van der Waals surface area contributed by atoms with Gasteiger partial charge in [-0.1, -0.05) is 31.0 Å². The zero-order valence-electron chi connectivity index (χ0n) is 24.4. The number of hydrogen-bond acceptors (Lipinski definition) is 7. The smallest absolute Gasteiger partial charge is 0.274 e. The maximum Gasteiger partial charge on any atom is 0.274 e. The lowest BCUT2D eigenvalue weighted by Gasteiger charge is -2.27. The van der Waals surface area contributed by atoms with E-state index in [1.54, 1.807) is 12.1 Å². The fourth-order valence-corrected chi connectivity index (χ4v) is 6.56. The zero-order valence-corrected chi connectivity index (χ0v) is 25.1. The van der Waals surface area contributed by atoms with Crippen molar-refractivity contribution in [1.29, 1.82) is 0 Å². The summed E-state index contributed by atoms with van der Waals surface area (Å²) in [5, 5.41) is 32.0. The monoisotopic (exact) mass is 634 g/mol. The SMILES string of the molecule is Cc1c(C(O)O)ccc2c1CC[C@@H]2NC(=O)c1cc(C(=O)Nc2cccc(F)c2)nc2c(C(=O)N[C@@H]3CCCCC3Cl)cnn12. The van der Waals surface area contributed by atoms with Crippen LogP contribution < -0.4 is 16.0 Å². The van der Waals surface area contributed by atoms with Crippen molar-refractivity contribution >= 4 is 40.7 Å². The van der Waals surface area contributed by atoms with Crippen LogP contribution in [-0.4, -0.2) is 54.0 Å². The first-order chi connectivity index (χ1) is 21.6. The predicted octanol–water partition coefficient (Wildman–Crippen LogP) is 4.11. The second-order valence-corrected chi connectivity index (χ2v) is 12.0. The number of alkyl halides is 1. The molecule has 1 unspecified atom stereocenters. The molecule has 45 heavy (non-hydrogen) atoms. The molecule has 5 N–H and O–H groups in total. The van der Waals surface area contributed by atoms with Crippen LogP contribution >= 0.6 is 11.6 Å². The minimum atomic E-state index is -1.61. The van der Waals surface area contributed by atoms with E-state index in [9.17, 15) is 29.0 Å². The molecule has 0 saturated heterocycles. The van der Waals surface area contributed by atoms with Crippen molar-refractivity contribution in [3.05, 3.63) is 93.7 Å². The molecule has 0 aliphatic heterocycles. The number of hydrogen-bond donors (Lipinski definition) is 5. The molecule has 6 rings (SSSR count). The molecule has 3 amide bonds. The summed E-state index contributed by atoms with van der Waals surface area (Å²) in [6, 6.07) is 9.37. The number of nitrogens with zero attached hydrogens (tertiary/aromatic N) is 3. The van der Waals surface area contributed by atoms with Crippen LogP contribution in [0.5, 0.6) is 0 Å². The number of carbonyl (C=O) groups excluding carboxylic acids is 3. The van der Waals surface area contributed by atoms with Gasteiger partial charge in [-0.05, 0) is 67.5 Å². The molecule has 2 aromatic carbocycles. The summed E-state index contributed by atoms with van der Waals surface area (Å²) in [5.74, 6) is -2.30. The van der Waals surface area contributed by atoms with Gasteiger partial charge in [0, 0.05) is 23.4 Å². The highest BCUT2D eigenvalue weighted by atomic mass is 35.5. The summed E-state index contributed by atoms with van der Waals surface area (Å²) in [6.07, 6.45) is 4.30. The minimum Gasteiger partial charge on any atom is -0.364 e. The summed E-state index contributed by atoms with van der Waals surface area (Å²) < 4.78 is 15.0. The van der Waals surface area contributed by atoms with Gasteiger partial charge in [-0.2, -0.15) is 5.10 Å². The first-order valence-electron chi connectivity index (χ1n) is 14.8. The Hall–Kier alpha value is -4.39. The van der Waals surface area contributed by atoms with E-state index >= 15 is 0 Å². The third kappa shape index (κ3) is 6.13. The highest BCUT2D eigenvalue weighted by molar-refractivity contribution is 6.21. The molecule has 1 saturated carbocycles. The Balaban J connectivity index is 1.35. The van der Waals surface area contributed by atoms with Gasteiger partial charge in [0.1, 0.15) is 22.8 Å². The van der Waals surface area contributed by atoms with Crippen LogP contribution in [0, 0.1) is 12.7 Å². The van der Waals surface area contributed by atoms with Gasteiger partial charge in [-0.15, -0.1) is 11.6 Å². The lowest BCUT2D eigenvalue weighted by Crippen LogP contribution is -2.42. The van der Waals surface area contributed by atoms with Gasteiger partial charge in [-0.3, -0.25) is 14.4 Å². The number of benzene rings is 2. The number of amides is 3. The second-order valence-electron chi connectivity index (χ2n) is 11.5. The molecule has 2 aliphatic carbocycles. The molecule has 234 valence electrons. The standard InChI is InChI=1S/C32H32ClFN6O5/c1-16-19-11-12-24(21(19)10-9-20(16)32(44)45)38-31(43)27-14-26(30(42)36-18-6-4-5-17(34)13-18)37-28-22(15-35-40(27)28)29(41)39-25-8-3-2-7-23(25)33/h4-6,9-10,13-15,23-25,32,44-45H,2-3,7-8,11-12H2,1H3,(H,36,42)(H,38,43)(H,39,41)/t23?,24-,25+/m0/s1. The maximum absolute atomic E-state index is 13.8. The molecule has 4 aromatic rings. The summed E-state index contributed by atoms with van der Waals surface area (Å²) in [4.78, 5) is 45.0. The van der Waals surface area contributed by atoms with Crippen molar-refractivity contribution in [3.8, 4) is 0 Å². The summed E-state index contributed by atoms with van der Waals surface area (Å²) >= 11 is 6.47. The third-order valence-electron chi connectivity index (χ3n) is 8.58. The van der Waals surface area contributed by atoms with Gasteiger partial charge in [-0.25, -0.2) is 13.9 Å².